The highest BCUT2D eigenvalue weighted by Crippen LogP contribution is 2.22. The number of carbonyl (C=O) groups is 1. The number of piperidine rings is 1. The number of ether oxygens (including phenoxy) is 2. The van der Waals surface area contributed by atoms with Gasteiger partial charge in [-0.15, -0.1) is 0 Å². The summed E-state index contributed by atoms with van der Waals surface area (Å²) in [5.41, 5.74) is 0. The molecule has 0 aromatic carbocycles. The van der Waals surface area contributed by atoms with Crippen molar-refractivity contribution < 1.29 is 14.3 Å². The van der Waals surface area contributed by atoms with Crippen molar-refractivity contribution in [3.8, 4) is 0 Å². The molecule has 1 fully saturated rings. The predicted octanol–water partition coefficient (Wildman–Crippen LogP) is 4.27. The Labute approximate surface area is 149 Å². The molecular weight excluding hydrogens is 302 g/mol. The topological polar surface area (TPSA) is 38.8 Å². The predicted molar refractivity (Wildman–Crippen MR) is 99.1 cm³/mol. The van der Waals surface area contributed by atoms with Gasteiger partial charge in [-0.2, -0.15) is 0 Å². The number of carbonyl (C=O) groups excluding carboxylic acids is 1. The summed E-state index contributed by atoms with van der Waals surface area (Å²) in [6.07, 6.45) is 7.41. The highest BCUT2D eigenvalue weighted by atomic mass is 16.5. The zero-order chi connectivity index (χ0) is 17.9. The van der Waals surface area contributed by atoms with Crippen LogP contribution in [0.25, 0.3) is 0 Å². The number of hydrogen-bond acceptors (Lipinski definition) is 4. The van der Waals surface area contributed by atoms with Crippen molar-refractivity contribution in [3.63, 3.8) is 0 Å². The third kappa shape index (κ3) is 7.98. The molecule has 0 aromatic rings. The molecule has 0 aliphatic carbocycles. The summed E-state index contributed by atoms with van der Waals surface area (Å²) in [7, 11) is 1.80. The first kappa shape index (κ1) is 21.4. The third-order valence-electron chi connectivity index (χ3n) is 5.49. The van der Waals surface area contributed by atoms with Crippen molar-refractivity contribution in [2.75, 3.05) is 26.7 Å². The molecule has 0 spiro atoms. The van der Waals surface area contributed by atoms with Gasteiger partial charge in [0.25, 0.3) is 0 Å². The Morgan fingerprint density at radius 3 is 2.38 bits per heavy atom. The summed E-state index contributed by atoms with van der Waals surface area (Å²) in [6.45, 7) is 12.0. The van der Waals surface area contributed by atoms with Crippen molar-refractivity contribution in [3.05, 3.63) is 0 Å². The van der Waals surface area contributed by atoms with E-state index in [1.807, 2.05) is 0 Å². The van der Waals surface area contributed by atoms with Crippen molar-refractivity contribution >= 4 is 5.97 Å². The lowest BCUT2D eigenvalue weighted by atomic mass is 9.89. The van der Waals surface area contributed by atoms with E-state index in [0.29, 0.717) is 24.4 Å². The van der Waals surface area contributed by atoms with Gasteiger partial charge in [-0.1, -0.05) is 40.5 Å². The second-order valence-corrected chi connectivity index (χ2v) is 7.65. The van der Waals surface area contributed by atoms with Gasteiger partial charge in [0.15, 0.2) is 0 Å². The number of likely N-dealkylation sites (tertiary alicyclic amines) is 1. The van der Waals surface area contributed by atoms with Crippen LogP contribution >= 0.6 is 0 Å². The molecule has 1 heterocycles. The minimum atomic E-state index is -0.0182. The zero-order valence-electron chi connectivity index (χ0n) is 16.6. The van der Waals surface area contributed by atoms with Gasteiger partial charge in [0.1, 0.15) is 6.10 Å². The molecular formula is C20H39NO3. The van der Waals surface area contributed by atoms with Crippen LogP contribution in [0, 0.1) is 11.8 Å². The van der Waals surface area contributed by atoms with Crippen molar-refractivity contribution in [1.82, 2.24) is 4.90 Å². The minimum absolute atomic E-state index is 0.0182. The van der Waals surface area contributed by atoms with Gasteiger partial charge in [0, 0.05) is 26.6 Å². The standard InChI is InChI=1S/C20H39NO3/c1-6-7-9-19(17(4)16(2)3)24-20(22)10-8-13-21-14-11-18(23-5)12-15-21/h16-19H,6-15H2,1-5H3/t17?,19-/m1/s1. The van der Waals surface area contributed by atoms with Crippen molar-refractivity contribution in [2.45, 2.75) is 84.8 Å². The molecule has 0 bridgehead atoms. The molecule has 1 aliphatic heterocycles. The fourth-order valence-corrected chi connectivity index (χ4v) is 3.31. The van der Waals surface area contributed by atoms with E-state index in [2.05, 4.69) is 32.6 Å². The second kappa shape index (κ2) is 11.9. The average molecular weight is 342 g/mol. The Hall–Kier alpha value is -0.610. The first-order valence-electron chi connectivity index (χ1n) is 9.92. The van der Waals surface area contributed by atoms with E-state index in [1.54, 1.807) is 7.11 Å². The van der Waals surface area contributed by atoms with Gasteiger partial charge in [-0.3, -0.25) is 4.79 Å². The summed E-state index contributed by atoms with van der Waals surface area (Å²) in [5, 5.41) is 0. The van der Waals surface area contributed by atoms with Crippen LogP contribution in [0.15, 0.2) is 0 Å². The molecule has 0 aromatic heterocycles. The molecule has 0 saturated carbocycles. The molecule has 4 nitrogen and oxygen atoms in total. The van der Waals surface area contributed by atoms with E-state index in [9.17, 15) is 4.79 Å². The SMILES string of the molecule is CCCC[C@@H](OC(=O)CCCN1CCC(OC)CC1)C(C)C(C)C. The molecule has 142 valence electrons. The molecule has 1 unspecified atom stereocenters. The lowest BCUT2D eigenvalue weighted by Crippen LogP contribution is -2.37. The number of nitrogens with zero attached hydrogens (tertiary/aromatic N) is 1. The van der Waals surface area contributed by atoms with Gasteiger partial charge in [-0.25, -0.2) is 0 Å². The lowest BCUT2D eigenvalue weighted by molar-refractivity contribution is -0.153. The lowest BCUT2D eigenvalue weighted by Gasteiger charge is -2.31. The molecule has 2 atom stereocenters. The van der Waals surface area contributed by atoms with Crippen LogP contribution in [0.4, 0.5) is 0 Å². The Balaban J connectivity index is 2.27. The Morgan fingerprint density at radius 2 is 1.83 bits per heavy atom. The Kier molecular flexibility index (Phi) is 10.6. The van der Waals surface area contributed by atoms with Gasteiger partial charge in [0.05, 0.1) is 6.10 Å². The number of esters is 1. The maximum Gasteiger partial charge on any atom is 0.306 e. The van der Waals surface area contributed by atoms with E-state index >= 15 is 0 Å². The van der Waals surface area contributed by atoms with E-state index < -0.39 is 0 Å². The van der Waals surface area contributed by atoms with Gasteiger partial charge >= 0.3 is 5.97 Å². The van der Waals surface area contributed by atoms with Gasteiger partial charge in [0.2, 0.25) is 0 Å². The summed E-state index contributed by atoms with van der Waals surface area (Å²) < 4.78 is 11.2. The van der Waals surface area contributed by atoms with Gasteiger partial charge < -0.3 is 14.4 Å². The van der Waals surface area contributed by atoms with Crippen LogP contribution in [0.2, 0.25) is 0 Å². The minimum Gasteiger partial charge on any atom is -0.462 e. The quantitative estimate of drug-likeness (QED) is 0.526. The molecule has 0 radical (unpaired) electrons. The van der Waals surface area contributed by atoms with Gasteiger partial charge in [-0.05, 0) is 44.1 Å². The first-order valence-corrected chi connectivity index (χ1v) is 9.92. The van der Waals surface area contributed by atoms with Crippen LogP contribution < -0.4 is 0 Å². The number of methoxy groups -OCH3 is 1. The highest BCUT2D eigenvalue weighted by molar-refractivity contribution is 5.69. The monoisotopic (exact) mass is 341 g/mol. The summed E-state index contributed by atoms with van der Waals surface area (Å²) in [6, 6.07) is 0. The number of rotatable bonds is 11. The molecule has 1 saturated heterocycles. The number of unbranched alkanes of at least 4 members (excludes halogenated alkanes) is 1. The fourth-order valence-electron chi connectivity index (χ4n) is 3.31. The van der Waals surface area contributed by atoms with E-state index in [-0.39, 0.29) is 12.1 Å². The van der Waals surface area contributed by atoms with Crippen LogP contribution in [0.5, 0.6) is 0 Å². The molecule has 0 N–H and O–H groups in total. The van der Waals surface area contributed by atoms with E-state index in [1.165, 1.54) is 0 Å². The normalized spacial score (nSPS) is 19.4. The Bertz CT molecular complexity index is 338. The smallest absolute Gasteiger partial charge is 0.306 e. The number of hydrogen-bond donors (Lipinski definition) is 0. The first-order chi connectivity index (χ1) is 11.5. The summed E-state index contributed by atoms with van der Waals surface area (Å²) in [4.78, 5) is 14.7. The van der Waals surface area contributed by atoms with Crippen LogP contribution in [-0.2, 0) is 14.3 Å². The van der Waals surface area contributed by atoms with Crippen LogP contribution in [-0.4, -0.2) is 49.8 Å². The molecule has 4 heteroatoms. The largest absolute Gasteiger partial charge is 0.462 e. The van der Waals surface area contributed by atoms with E-state index in [0.717, 1.165) is 58.2 Å². The highest BCUT2D eigenvalue weighted by Gasteiger charge is 2.24. The fraction of sp³-hybridized carbons (Fsp3) is 0.950. The van der Waals surface area contributed by atoms with E-state index in [4.69, 9.17) is 9.47 Å². The average Bonchev–Trinajstić information content (AvgIpc) is 2.58. The summed E-state index contributed by atoms with van der Waals surface area (Å²) in [5.74, 6) is 0.950. The molecule has 0 amide bonds. The van der Waals surface area contributed by atoms with Crippen molar-refractivity contribution in [2.24, 2.45) is 11.8 Å². The molecule has 1 rings (SSSR count). The maximum absolute atomic E-state index is 12.2. The maximum atomic E-state index is 12.2. The zero-order valence-corrected chi connectivity index (χ0v) is 16.6. The second-order valence-electron chi connectivity index (χ2n) is 7.65. The Morgan fingerprint density at radius 1 is 1.17 bits per heavy atom. The van der Waals surface area contributed by atoms with Crippen LogP contribution in [0.3, 0.4) is 0 Å². The molecule has 24 heavy (non-hydrogen) atoms. The summed E-state index contributed by atoms with van der Waals surface area (Å²) >= 11 is 0. The van der Waals surface area contributed by atoms with Crippen molar-refractivity contribution in [1.29, 1.82) is 0 Å². The third-order valence-corrected chi connectivity index (χ3v) is 5.49. The molecule has 1 aliphatic rings. The van der Waals surface area contributed by atoms with Crippen LogP contribution in [0.1, 0.15) is 72.6 Å².